The van der Waals surface area contributed by atoms with Crippen LogP contribution in [0.15, 0.2) is 65.6 Å². The maximum absolute atomic E-state index is 14.1. The van der Waals surface area contributed by atoms with Crippen molar-refractivity contribution in [2.75, 3.05) is 32.5 Å². The van der Waals surface area contributed by atoms with Crippen molar-refractivity contribution in [3.05, 3.63) is 72.0 Å². The number of hydrogen-bond donors (Lipinski definition) is 4. The third kappa shape index (κ3) is 9.37. The molecule has 0 aliphatic rings. The van der Waals surface area contributed by atoms with Crippen LogP contribution in [0.5, 0.6) is 0 Å². The molecule has 3 aromatic carbocycles. The Labute approximate surface area is 252 Å². The number of fused-ring (bicyclic) bond motifs is 1. The number of rotatable bonds is 15. The number of halogens is 1. The minimum Gasteiger partial charge on any atom is -0.453 e. The number of amides is 2. The topological polar surface area (TPSA) is 151 Å². The van der Waals surface area contributed by atoms with Crippen LogP contribution in [0.4, 0.5) is 14.9 Å². The van der Waals surface area contributed by atoms with E-state index in [0.29, 0.717) is 19.3 Å². The number of nitrogens with zero attached hydrogens (tertiary/aromatic N) is 1. The van der Waals surface area contributed by atoms with E-state index in [1.54, 1.807) is 0 Å². The number of carbonyl (C=O) groups is 2. The lowest BCUT2D eigenvalue weighted by molar-refractivity contribution is -0.123. The zero-order valence-corrected chi connectivity index (χ0v) is 25.6. The van der Waals surface area contributed by atoms with Crippen LogP contribution >= 0.6 is 0 Å². The first-order valence-electron chi connectivity index (χ1n) is 14.2. The number of benzene rings is 3. The fourth-order valence-electron chi connectivity index (χ4n) is 4.79. The summed E-state index contributed by atoms with van der Waals surface area (Å²) in [7, 11) is -2.89. The first-order chi connectivity index (χ1) is 20.5. The van der Waals surface area contributed by atoms with Crippen LogP contribution in [0.1, 0.15) is 38.7 Å². The van der Waals surface area contributed by atoms with Crippen molar-refractivity contribution in [2.24, 2.45) is 5.92 Å². The van der Waals surface area contributed by atoms with E-state index in [-0.39, 0.29) is 41.9 Å². The number of nitrogen functional groups attached to an aromatic ring is 1. The minimum atomic E-state index is -4.12. The van der Waals surface area contributed by atoms with Gasteiger partial charge in [-0.25, -0.2) is 17.6 Å². The quantitative estimate of drug-likeness (QED) is 0.150. The molecule has 43 heavy (non-hydrogen) atoms. The molecule has 0 radical (unpaired) electrons. The molecule has 0 aliphatic heterocycles. The van der Waals surface area contributed by atoms with Gasteiger partial charge in [-0.05, 0) is 53.3 Å². The Morgan fingerprint density at radius 2 is 1.77 bits per heavy atom. The lowest BCUT2D eigenvalue weighted by Gasteiger charge is -2.31. The summed E-state index contributed by atoms with van der Waals surface area (Å²) in [6, 6.07) is 15.4. The van der Waals surface area contributed by atoms with E-state index in [4.69, 9.17) is 10.5 Å². The monoisotopic (exact) mass is 616 g/mol. The molecule has 0 aromatic heterocycles. The van der Waals surface area contributed by atoms with Gasteiger partial charge in [-0.15, -0.1) is 0 Å². The van der Waals surface area contributed by atoms with E-state index in [1.165, 1.54) is 23.5 Å². The Balaban J connectivity index is 1.61. The van der Waals surface area contributed by atoms with Crippen LogP contribution in [-0.2, 0) is 26.0 Å². The summed E-state index contributed by atoms with van der Waals surface area (Å²) >= 11 is 0. The first kappa shape index (κ1) is 33.8. The molecule has 0 saturated carbocycles. The summed E-state index contributed by atoms with van der Waals surface area (Å²) < 4.78 is 46.8. The van der Waals surface area contributed by atoms with Gasteiger partial charge in [-0.2, -0.15) is 4.31 Å². The van der Waals surface area contributed by atoms with Gasteiger partial charge in [0.15, 0.2) is 0 Å². The smallest absolute Gasteiger partial charge is 0.407 e. The van der Waals surface area contributed by atoms with Gasteiger partial charge in [-0.1, -0.05) is 62.7 Å². The lowest BCUT2D eigenvalue weighted by atomic mass is 10.0. The molecule has 0 saturated heterocycles. The molecule has 1 unspecified atom stereocenters. The largest absolute Gasteiger partial charge is 0.453 e. The predicted molar refractivity (Wildman–Crippen MR) is 164 cm³/mol. The summed E-state index contributed by atoms with van der Waals surface area (Å²) in [6.45, 7) is 3.69. The number of aliphatic hydroxyl groups is 1. The molecule has 2 amide bonds. The Morgan fingerprint density at radius 3 is 2.42 bits per heavy atom. The molecule has 0 fully saturated rings. The highest BCUT2D eigenvalue weighted by atomic mass is 32.2. The Kier molecular flexibility index (Phi) is 12.3. The number of ether oxygens (including phenoxy) is 1. The van der Waals surface area contributed by atoms with E-state index in [9.17, 15) is 27.5 Å². The van der Waals surface area contributed by atoms with Gasteiger partial charge in [-0.3, -0.25) is 4.79 Å². The zero-order chi connectivity index (χ0) is 31.6. The van der Waals surface area contributed by atoms with Crippen LogP contribution in [0.25, 0.3) is 10.8 Å². The zero-order valence-electron chi connectivity index (χ0n) is 24.8. The van der Waals surface area contributed by atoms with Crippen molar-refractivity contribution in [1.29, 1.82) is 0 Å². The summed E-state index contributed by atoms with van der Waals surface area (Å²) in [6.07, 6.45) is 0.836. The number of nitrogens with one attached hydrogen (secondary N) is 2. The van der Waals surface area contributed by atoms with Crippen LogP contribution in [0.3, 0.4) is 0 Å². The van der Waals surface area contributed by atoms with Crippen LogP contribution in [0.2, 0.25) is 0 Å². The lowest BCUT2D eigenvalue weighted by Crippen LogP contribution is -2.48. The highest BCUT2D eigenvalue weighted by molar-refractivity contribution is 7.89. The second kappa shape index (κ2) is 15.6. The number of nitrogens with two attached hydrogens (primary N) is 1. The molecule has 10 nitrogen and oxygen atoms in total. The molecule has 0 spiro atoms. The fourth-order valence-corrected chi connectivity index (χ4v) is 6.61. The van der Waals surface area contributed by atoms with Gasteiger partial charge in [0, 0.05) is 25.6 Å². The van der Waals surface area contributed by atoms with Crippen molar-refractivity contribution < 1.29 is 32.2 Å². The molecule has 2 atom stereocenters. The van der Waals surface area contributed by atoms with Crippen molar-refractivity contribution in [1.82, 2.24) is 14.9 Å². The summed E-state index contributed by atoms with van der Waals surface area (Å²) in [5.74, 6) is -1.27. The van der Waals surface area contributed by atoms with Crippen molar-refractivity contribution in [3.8, 4) is 0 Å². The standard InChI is InChI=1S/C31H41FN4O6S/c1-21(2)19-36(43(40,41)26-13-14-28(33)27(32)18-26)25(20-37)10-6-7-15-34-30(38)29(35-31(39)42-3)17-22-11-12-23-8-4-5-9-24(23)16-22/h4-5,8-9,11-14,16,18,21,25,29,37H,6-7,10,15,17,19-20,33H2,1-3H3,(H,34,38)(H,35,39)/t25?,29-/m0/s1. The normalized spacial score (nSPS) is 13.2. The summed E-state index contributed by atoms with van der Waals surface area (Å²) in [4.78, 5) is 24.8. The molecule has 5 N–H and O–H groups in total. The van der Waals surface area contributed by atoms with E-state index in [2.05, 4.69) is 10.6 Å². The number of carbonyl (C=O) groups excluding carboxylic acids is 2. The minimum absolute atomic E-state index is 0.0522. The average molecular weight is 617 g/mol. The van der Waals surface area contributed by atoms with Gasteiger partial charge in [0.2, 0.25) is 15.9 Å². The number of aliphatic hydroxyl groups excluding tert-OH is 1. The molecule has 3 rings (SSSR count). The van der Waals surface area contributed by atoms with E-state index in [1.807, 2.05) is 56.3 Å². The molecule has 0 bridgehead atoms. The molecular weight excluding hydrogens is 575 g/mol. The number of sulfonamides is 1. The summed E-state index contributed by atoms with van der Waals surface area (Å²) in [5, 5.41) is 17.6. The third-order valence-electron chi connectivity index (χ3n) is 7.05. The van der Waals surface area contributed by atoms with Crippen LogP contribution in [-0.4, -0.2) is 68.7 Å². The Bertz CT molecular complexity index is 1500. The van der Waals surface area contributed by atoms with Crippen molar-refractivity contribution in [3.63, 3.8) is 0 Å². The molecule has 234 valence electrons. The fraction of sp³-hybridized carbons (Fsp3) is 0.419. The van der Waals surface area contributed by atoms with Crippen molar-refractivity contribution in [2.45, 2.75) is 56.5 Å². The van der Waals surface area contributed by atoms with Crippen LogP contribution < -0.4 is 16.4 Å². The van der Waals surface area contributed by atoms with Crippen LogP contribution in [0, 0.1) is 11.7 Å². The first-order valence-corrected chi connectivity index (χ1v) is 15.7. The maximum Gasteiger partial charge on any atom is 0.407 e. The predicted octanol–water partition coefficient (Wildman–Crippen LogP) is 3.82. The van der Waals surface area contributed by atoms with E-state index < -0.39 is 40.6 Å². The van der Waals surface area contributed by atoms with Gasteiger partial charge in [0.1, 0.15) is 11.9 Å². The number of anilines is 1. The second-order valence-electron chi connectivity index (χ2n) is 10.8. The van der Waals surface area contributed by atoms with Crippen molar-refractivity contribution >= 4 is 38.5 Å². The van der Waals surface area contributed by atoms with Gasteiger partial charge >= 0.3 is 6.09 Å². The maximum atomic E-state index is 14.1. The average Bonchev–Trinajstić information content (AvgIpc) is 2.98. The SMILES string of the molecule is COC(=O)N[C@@H](Cc1ccc2ccccc2c1)C(=O)NCCCCC(CO)N(CC(C)C)S(=O)(=O)c1ccc(N)c(F)c1. The van der Waals surface area contributed by atoms with Gasteiger partial charge in [0.25, 0.3) is 0 Å². The molecule has 0 aliphatic carbocycles. The third-order valence-corrected chi connectivity index (χ3v) is 8.97. The highest BCUT2D eigenvalue weighted by Crippen LogP contribution is 2.25. The molecule has 3 aromatic rings. The number of alkyl carbamates (subject to hydrolysis) is 1. The van der Waals surface area contributed by atoms with E-state index >= 15 is 0 Å². The van der Waals surface area contributed by atoms with Gasteiger partial charge in [0.05, 0.1) is 24.3 Å². The number of unbranched alkanes of at least 4 members (excludes halogenated alkanes) is 1. The summed E-state index contributed by atoms with van der Waals surface area (Å²) in [5.41, 5.74) is 6.23. The van der Waals surface area contributed by atoms with E-state index in [0.717, 1.165) is 22.4 Å². The number of methoxy groups -OCH3 is 1. The Morgan fingerprint density at radius 1 is 1.05 bits per heavy atom. The Hall–Kier alpha value is -3.74. The number of hydrogen-bond acceptors (Lipinski definition) is 7. The molecular formula is C31H41FN4O6S. The van der Waals surface area contributed by atoms with Gasteiger partial charge < -0.3 is 26.2 Å². The highest BCUT2D eigenvalue weighted by Gasteiger charge is 2.32. The molecule has 0 heterocycles. The second-order valence-corrected chi connectivity index (χ2v) is 12.7. The molecule has 12 heteroatoms.